The van der Waals surface area contributed by atoms with Gasteiger partial charge in [-0.2, -0.15) is 0 Å². The quantitative estimate of drug-likeness (QED) is 0.682. The fourth-order valence-electron chi connectivity index (χ4n) is 4.29. The largest absolute Gasteiger partial charge is 0.339 e. The number of hydrogen-bond acceptors (Lipinski definition) is 5. The smallest absolute Gasteiger partial charge is 0.246 e. The van der Waals surface area contributed by atoms with Gasteiger partial charge in [0.15, 0.2) is 0 Å². The highest BCUT2D eigenvalue weighted by atomic mass is 19.1. The van der Waals surface area contributed by atoms with Crippen LogP contribution in [0, 0.1) is 29.9 Å². The summed E-state index contributed by atoms with van der Waals surface area (Å²) in [6.07, 6.45) is 4.88. The van der Waals surface area contributed by atoms with Crippen molar-refractivity contribution in [1.29, 1.82) is 0 Å². The third-order valence-electron chi connectivity index (χ3n) is 6.43. The van der Waals surface area contributed by atoms with Gasteiger partial charge in [0.25, 0.3) is 0 Å². The number of carbonyl (C=O) groups is 2. The third kappa shape index (κ3) is 4.35. The van der Waals surface area contributed by atoms with E-state index in [-0.39, 0.29) is 28.7 Å². The van der Waals surface area contributed by atoms with E-state index in [0.717, 1.165) is 37.5 Å². The van der Waals surface area contributed by atoms with E-state index >= 15 is 0 Å². The Morgan fingerprint density at radius 3 is 2.71 bits per heavy atom. The topological polar surface area (TPSA) is 79.5 Å². The molecule has 1 spiro atoms. The van der Waals surface area contributed by atoms with Gasteiger partial charge in [-0.15, -0.1) is 0 Å². The molecule has 9 heteroatoms. The van der Waals surface area contributed by atoms with E-state index in [1.807, 2.05) is 0 Å². The van der Waals surface area contributed by atoms with E-state index in [4.69, 9.17) is 0 Å². The lowest BCUT2D eigenvalue weighted by atomic mass is 9.90. The maximum absolute atomic E-state index is 13.7. The molecule has 1 atom stereocenters. The maximum atomic E-state index is 13.7. The van der Waals surface area contributed by atoms with Crippen LogP contribution >= 0.6 is 0 Å². The van der Waals surface area contributed by atoms with Crippen molar-refractivity contribution in [2.45, 2.75) is 32.7 Å². The Labute approximate surface area is 178 Å². The predicted octanol–water partition coefficient (Wildman–Crippen LogP) is 2.96. The minimum atomic E-state index is -0.580. The number of aromatic nitrogens is 2. The second-order valence-corrected chi connectivity index (χ2v) is 8.43. The zero-order chi connectivity index (χ0) is 22.2. The fourth-order valence-corrected chi connectivity index (χ4v) is 4.29. The van der Waals surface area contributed by atoms with Crippen LogP contribution < -0.4 is 0 Å². The normalized spacial score (nSPS) is 19.7. The number of carbonyl (C=O) groups excluding carboxylic acids is 2. The van der Waals surface area contributed by atoms with Gasteiger partial charge in [-0.05, 0) is 55.9 Å². The number of rotatable bonds is 5. The summed E-state index contributed by atoms with van der Waals surface area (Å²) in [6, 6.07) is 3.12. The van der Waals surface area contributed by atoms with Crippen LogP contribution in [0.3, 0.4) is 0 Å². The van der Waals surface area contributed by atoms with E-state index < -0.39 is 11.6 Å². The fraction of sp³-hybridized carbons (Fsp3) is 0.455. The van der Waals surface area contributed by atoms with Crippen molar-refractivity contribution in [3.63, 3.8) is 0 Å². The molecule has 0 N–H and O–H groups in total. The first kappa shape index (κ1) is 21.1. The molecule has 1 saturated carbocycles. The summed E-state index contributed by atoms with van der Waals surface area (Å²) in [5.41, 5.74) is 1.29. The van der Waals surface area contributed by atoms with Crippen molar-refractivity contribution in [3.8, 4) is 0 Å². The Morgan fingerprint density at radius 1 is 1.29 bits per heavy atom. The number of aryl methyl sites for hydroxylation is 1. The van der Waals surface area contributed by atoms with Gasteiger partial charge >= 0.3 is 0 Å². The molecule has 1 aromatic carbocycles. The summed E-state index contributed by atoms with van der Waals surface area (Å²) in [4.78, 5) is 28.6. The second kappa shape index (κ2) is 8.20. The van der Waals surface area contributed by atoms with Gasteiger partial charge in [-0.25, -0.2) is 13.4 Å². The zero-order valence-corrected chi connectivity index (χ0v) is 17.5. The van der Waals surface area contributed by atoms with Crippen LogP contribution in [0.2, 0.25) is 0 Å². The van der Waals surface area contributed by atoms with Crippen LogP contribution in [0.25, 0.3) is 6.08 Å². The van der Waals surface area contributed by atoms with Crippen molar-refractivity contribution in [1.82, 2.24) is 20.1 Å². The second-order valence-electron chi connectivity index (χ2n) is 8.43. The molecule has 7 nitrogen and oxygen atoms in total. The monoisotopic (exact) mass is 430 g/mol. The number of hydrogen-bond donors (Lipinski definition) is 0. The summed E-state index contributed by atoms with van der Waals surface area (Å²) in [6.45, 7) is 3.21. The van der Waals surface area contributed by atoms with E-state index in [0.29, 0.717) is 31.0 Å². The van der Waals surface area contributed by atoms with Crippen LogP contribution in [-0.4, -0.2) is 52.1 Å². The molecule has 2 heterocycles. The molecule has 2 aromatic rings. The number of amides is 2. The molecule has 4 rings (SSSR count). The number of benzene rings is 1. The van der Waals surface area contributed by atoms with E-state index in [2.05, 4.69) is 14.9 Å². The SMILES string of the molecule is Cc1nonc1CN(C)C(=O)C1CC12CCN(C(=O)/C=C/c1cc(F)ccc1F)CC2. The molecule has 2 fully saturated rings. The highest BCUT2D eigenvalue weighted by Gasteiger charge is 2.59. The molecule has 1 saturated heterocycles. The number of nitrogens with zero attached hydrogens (tertiary/aromatic N) is 4. The van der Waals surface area contributed by atoms with Crippen LogP contribution in [0.5, 0.6) is 0 Å². The van der Waals surface area contributed by atoms with Gasteiger partial charge in [0.2, 0.25) is 11.8 Å². The van der Waals surface area contributed by atoms with Crippen LogP contribution in [-0.2, 0) is 16.1 Å². The lowest BCUT2D eigenvalue weighted by Gasteiger charge is -2.32. The molecule has 31 heavy (non-hydrogen) atoms. The summed E-state index contributed by atoms with van der Waals surface area (Å²) < 4.78 is 31.7. The Kier molecular flexibility index (Phi) is 5.60. The van der Waals surface area contributed by atoms with Crippen molar-refractivity contribution in [2.75, 3.05) is 20.1 Å². The van der Waals surface area contributed by atoms with E-state index in [9.17, 15) is 18.4 Å². The Morgan fingerprint density at radius 2 is 2.03 bits per heavy atom. The highest BCUT2D eigenvalue weighted by molar-refractivity contribution is 5.92. The minimum Gasteiger partial charge on any atom is -0.339 e. The molecule has 164 valence electrons. The lowest BCUT2D eigenvalue weighted by Crippen LogP contribution is -2.40. The van der Waals surface area contributed by atoms with Crippen LogP contribution in [0.1, 0.15) is 36.2 Å². The molecular formula is C22H24F2N4O3. The van der Waals surface area contributed by atoms with Gasteiger partial charge < -0.3 is 9.80 Å². The zero-order valence-electron chi connectivity index (χ0n) is 17.5. The molecule has 0 bridgehead atoms. The van der Waals surface area contributed by atoms with Crippen molar-refractivity contribution in [2.24, 2.45) is 11.3 Å². The van der Waals surface area contributed by atoms with Gasteiger partial charge in [0.05, 0.1) is 6.54 Å². The molecule has 0 radical (unpaired) electrons. The third-order valence-corrected chi connectivity index (χ3v) is 6.43. The first-order chi connectivity index (χ1) is 14.8. The maximum Gasteiger partial charge on any atom is 0.246 e. The molecule has 1 aromatic heterocycles. The van der Waals surface area contributed by atoms with Crippen molar-refractivity contribution in [3.05, 3.63) is 52.9 Å². The summed E-state index contributed by atoms with van der Waals surface area (Å²) in [7, 11) is 1.75. The highest BCUT2D eigenvalue weighted by Crippen LogP contribution is 2.60. The van der Waals surface area contributed by atoms with Crippen LogP contribution in [0.15, 0.2) is 28.9 Å². The molecule has 2 aliphatic rings. The summed E-state index contributed by atoms with van der Waals surface area (Å²) in [5.74, 6) is -1.36. The number of halogens is 2. The lowest BCUT2D eigenvalue weighted by molar-refractivity contribution is -0.133. The van der Waals surface area contributed by atoms with Crippen LogP contribution in [0.4, 0.5) is 8.78 Å². The van der Waals surface area contributed by atoms with E-state index in [1.54, 1.807) is 23.8 Å². The molecule has 1 aliphatic carbocycles. The Bertz CT molecular complexity index is 1030. The van der Waals surface area contributed by atoms with Gasteiger partial charge in [-0.1, -0.05) is 10.3 Å². The number of likely N-dealkylation sites (tertiary alicyclic amines) is 1. The predicted molar refractivity (Wildman–Crippen MR) is 107 cm³/mol. The van der Waals surface area contributed by atoms with E-state index in [1.165, 1.54) is 12.2 Å². The number of piperidine rings is 1. The Balaban J connectivity index is 1.30. The van der Waals surface area contributed by atoms with Gasteiger partial charge in [-0.3, -0.25) is 9.59 Å². The van der Waals surface area contributed by atoms with Crippen molar-refractivity contribution >= 4 is 17.9 Å². The Hall–Kier alpha value is -3.10. The average molecular weight is 430 g/mol. The molecule has 1 aliphatic heterocycles. The average Bonchev–Trinajstić information content (AvgIpc) is 3.30. The first-order valence-electron chi connectivity index (χ1n) is 10.2. The molecule has 1 unspecified atom stereocenters. The summed E-state index contributed by atoms with van der Waals surface area (Å²) >= 11 is 0. The molecule has 2 amide bonds. The minimum absolute atomic E-state index is 0.0373. The first-order valence-corrected chi connectivity index (χ1v) is 10.2. The summed E-state index contributed by atoms with van der Waals surface area (Å²) in [5, 5.41) is 7.56. The standard InChI is InChI=1S/C22H24F2N4O3/c1-14-19(26-31-25-14)13-27(2)21(30)17-12-22(17)7-9-28(10-8-22)20(29)6-3-15-11-16(23)4-5-18(15)24/h3-6,11,17H,7-10,12-13H2,1-2H3/b6-3+. The van der Waals surface area contributed by atoms with Gasteiger partial charge in [0, 0.05) is 37.7 Å². The van der Waals surface area contributed by atoms with Crippen molar-refractivity contribution < 1.29 is 23.0 Å². The van der Waals surface area contributed by atoms with Gasteiger partial charge in [0.1, 0.15) is 23.0 Å². The molecular weight excluding hydrogens is 406 g/mol.